The van der Waals surface area contributed by atoms with Crippen LogP contribution in [0.5, 0.6) is 11.5 Å². The summed E-state index contributed by atoms with van der Waals surface area (Å²) in [5.41, 5.74) is 3.43. The topological polar surface area (TPSA) is 50.8 Å². The number of carbonyl (C=O) groups is 1. The molecule has 2 rings (SSSR count). The highest BCUT2D eigenvalue weighted by Gasteiger charge is 2.16. The highest BCUT2D eigenvalue weighted by atomic mass is 127. The highest BCUT2D eigenvalue weighted by molar-refractivity contribution is 14.1. The van der Waals surface area contributed by atoms with Crippen LogP contribution in [-0.2, 0) is 0 Å². The summed E-state index contributed by atoms with van der Waals surface area (Å²) in [7, 11) is 7.10. The minimum atomic E-state index is -0.180. The largest absolute Gasteiger partial charge is 0.493 e. The van der Waals surface area contributed by atoms with Crippen LogP contribution < -0.4 is 19.7 Å². The summed E-state index contributed by atoms with van der Waals surface area (Å²) in [5, 5.41) is 2.96. The van der Waals surface area contributed by atoms with Crippen molar-refractivity contribution in [3.63, 3.8) is 0 Å². The molecule has 0 aliphatic rings. The number of aryl methyl sites for hydroxylation is 1. The molecule has 24 heavy (non-hydrogen) atoms. The molecule has 2 aromatic carbocycles. The van der Waals surface area contributed by atoms with Gasteiger partial charge in [0.05, 0.1) is 19.8 Å². The molecule has 0 saturated carbocycles. The van der Waals surface area contributed by atoms with Crippen LogP contribution in [0.25, 0.3) is 0 Å². The first kappa shape index (κ1) is 18.4. The SMILES string of the molecule is COc1cc(I)c(C(=O)Nc2ccc(N(C)C)cc2C)cc1OC. The lowest BCUT2D eigenvalue weighted by Crippen LogP contribution is -2.15. The van der Waals surface area contributed by atoms with Crippen molar-refractivity contribution < 1.29 is 14.3 Å². The van der Waals surface area contributed by atoms with E-state index in [-0.39, 0.29) is 5.91 Å². The van der Waals surface area contributed by atoms with E-state index < -0.39 is 0 Å². The van der Waals surface area contributed by atoms with Crippen molar-refractivity contribution in [1.82, 2.24) is 0 Å². The van der Waals surface area contributed by atoms with Gasteiger partial charge in [-0.1, -0.05) is 0 Å². The number of hydrogen-bond donors (Lipinski definition) is 1. The summed E-state index contributed by atoms with van der Waals surface area (Å²) in [6, 6.07) is 9.41. The Hall–Kier alpha value is -1.96. The Kier molecular flexibility index (Phi) is 5.93. The molecule has 0 aliphatic heterocycles. The number of nitrogens with one attached hydrogen (secondary N) is 1. The van der Waals surface area contributed by atoms with E-state index in [1.165, 1.54) is 0 Å². The molecule has 6 heteroatoms. The second kappa shape index (κ2) is 7.74. The fourth-order valence-electron chi connectivity index (χ4n) is 2.28. The number of rotatable bonds is 5. The summed E-state index contributed by atoms with van der Waals surface area (Å²) in [6.07, 6.45) is 0. The van der Waals surface area contributed by atoms with Crippen molar-refractivity contribution in [1.29, 1.82) is 0 Å². The molecule has 0 bridgehead atoms. The summed E-state index contributed by atoms with van der Waals surface area (Å²) >= 11 is 2.12. The van der Waals surface area contributed by atoms with E-state index in [4.69, 9.17) is 9.47 Å². The van der Waals surface area contributed by atoms with Crippen molar-refractivity contribution in [2.24, 2.45) is 0 Å². The number of halogens is 1. The normalized spacial score (nSPS) is 10.2. The zero-order valence-corrected chi connectivity index (χ0v) is 16.6. The molecule has 5 nitrogen and oxygen atoms in total. The average Bonchev–Trinajstić information content (AvgIpc) is 2.55. The maximum atomic E-state index is 12.7. The number of benzene rings is 2. The third-order valence-corrected chi connectivity index (χ3v) is 4.58. The fraction of sp³-hybridized carbons (Fsp3) is 0.278. The molecule has 1 N–H and O–H groups in total. The van der Waals surface area contributed by atoms with Crippen LogP contribution in [0, 0.1) is 10.5 Å². The van der Waals surface area contributed by atoms with Gasteiger partial charge in [-0.15, -0.1) is 0 Å². The van der Waals surface area contributed by atoms with Crippen molar-refractivity contribution in [3.8, 4) is 11.5 Å². The maximum absolute atomic E-state index is 12.7. The zero-order valence-electron chi connectivity index (χ0n) is 14.4. The fourth-order valence-corrected chi connectivity index (χ4v) is 2.97. The predicted octanol–water partition coefficient (Wildman–Crippen LogP) is 3.94. The Morgan fingerprint density at radius 3 is 2.25 bits per heavy atom. The van der Waals surface area contributed by atoms with E-state index in [1.54, 1.807) is 26.4 Å². The first-order valence-electron chi connectivity index (χ1n) is 7.38. The molecule has 0 atom stereocenters. The lowest BCUT2D eigenvalue weighted by Gasteiger charge is -2.16. The third-order valence-electron chi connectivity index (χ3n) is 3.69. The molecular weight excluding hydrogens is 419 g/mol. The van der Waals surface area contributed by atoms with Gasteiger partial charge in [0.1, 0.15) is 0 Å². The van der Waals surface area contributed by atoms with E-state index in [0.29, 0.717) is 17.1 Å². The molecule has 0 fully saturated rings. The second-order valence-corrected chi connectivity index (χ2v) is 6.70. The summed E-state index contributed by atoms with van der Waals surface area (Å²) in [4.78, 5) is 14.7. The Morgan fingerprint density at radius 1 is 1.08 bits per heavy atom. The summed E-state index contributed by atoms with van der Waals surface area (Å²) in [6.45, 7) is 1.97. The second-order valence-electron chi connectivity index (χ2n) is 5.53. The van der Waals surface area contributed by atoms with Crippen LogP contribution >= 0.6 is 22.6 Å². The first-order valence-corrected chi connectivity index (χ1v) is 8.46. The molecule has 0 heterocycles. The summed E-state index contributed by atoms with van der Waals surface area (Å²) in [5.74, 6) is 0.953. The molecule has 0 saturated heterocycles. The van der Waals surface area contributed by atoms with Gasteiger partial charge in [-0.25, -0.2) is 0 Å². The Bertz CT molecular complexity index is 760. The summed E-state index contributed by atoms with van der Waals surface area (Å²) < 4.78 is 11.3. The molecule has 0 aliphatic carbocycles. The average molecular weight is 440 g/mol. The van der Waals surface area contributed by atoms with Crippen LogP contribution in [-0.4, -0.2) is 34.2 Å². The number of amides is 1. The predicted molar refractivity (Wildman–Crippen MR) is 106 cm³/mol. The molecule has 1 amide bonds. The van der Waals surface area contributed by atoms with Gasteiger partial charge in [0.15, 0.2) is 11.5 Å². The van der Waals surface area contributed by atoms with Gasteiger partial charge >= 0.3 is 0 Å². The molecule has 2 aromatic rings. The van der Waals surface area contributed by atoms with Crippen LogP contribution in [0.15, 0.2) is 30.3 Å². The van der Waals surface area contributed by atoms with Crippen LogP contribution in [0.2, 0.25) is 0 Å². The Labute approximate surface area is 156 Å². The standard InChI is InChI=1S/C18H21IN2O3/c1-11-8-12(21(2)3)6-7-15(11)20-18(22)13-9-16(23-4)17(24-5)10-14(13)19/h6-10H,1-5H3,(H,20,22). The lowest BCUT2D eigenvalue weighted by atomic mass is 10.1. The van der Waals surface area contributed by atoms with E-state index in [9.17, 15) is 4.79 Å². The number of ether oxygens (including phenoxy) is 2. The van der Waals surface area contributed by atoms with Gasteiger partial charge in [-0.2, -0.15) is 0 Å². The van der Waals surface area contributed by atoms with Crippen LogP contribution in [0.3, 0.4) is 0 Å². The molecule has 0 radical (unpaired) electrons. The van der Waals surface area contributed by atoms with Crippen molar-refractivity contribution in [3.05, 3.63) is 45.0 Å². The van der Waals surface area contributed by atoms with E-state index in [1.807, 2.05) is 44.1 Å². The number of nitrogens with zero attached hydrogens (tertiary/aromatic N) is 1. The van der Waals surface area contributed by atoms with Gasteiger partial charge in [0.25, 0.3) is 5.91 Å². The third kappa shape index (κ3) is 3.92. The van der Waals surface area contributed by atoms with Crippen molar-refractivity contribution >= 4 is 39.9 Å². The number of carbonyl (C=O) groups excluding carboxylic acids is 1. The number of methoxy groups -OCH3 is 2. The van der Waals surface area contributed by atoms with E-state index in [2.05, 4.69) is 27.9 Å². The smallest absolute Gasteiger partial charge is 0.256 e. The minimum absolute atomic E-state index is 0.180. The minimum Gasteiger partial charge on any atom is -0.493 e. The monoisotopic (exact) mass is 440 g/mol. The van der Waals surface area contributed by atoms with E-state index >= 15 is 0 Å². The Balaban J connectivity index is 2.30. The van der Waals surface area contributed by atoms with Crippen molar-refractivity contribution in [2.45, 2.75) is 6.92 Å². The zero-order chi connectivity index (χ0) is 17.9. The number of hydrogen-bond acceptors (Lipinski definition) is 4. The lowest BCUT2D eigenvalue weighted by molar-refractivity contribution is 0.102. The molecular formula is C18H21IN2O3. The Morgan fingerprint density at radius 2 is 1.71 bits per heavy atom. The highest BCUT2D eigenvalue weighted by Crippen LogP contribution is 2.32. The van der Waals surface area contributed by atoms with Crippen LogP contribution in [0.1, 0.15) is 15.9 Å². The van der Waals surface area contributed by atoms with Gasteiger partial charge in [-0.05, 0) is 65.4 Å². The van der Waals surface area contributed by atoms with Crippen molar-refractivity contribution in [2.75, 3.05) is 38.5 Å². The van der Waals surface area contributed by atoms with Gasteiger partial charge in [0.2, 0.25) is 0 Å². The van der Waals surface area contributed by atoms with Gasteiger partial charge < -0.3 is 19.7 Å². The van der Waals surface area contributed by atoms with Crippen LogP contribution in [0.4, 0.5) is 11.4 Å². The van der Waals surface area contributed by atoms with Gasteiger partial charge in [-0.3, -0.25) is 4.79 Å². The maximum Gasteiger partial charge on any atom is 0.256 e. The quantitative estimate of drug-likeness (QED) is 0.716. The van der Waals surface area contributed by atoms with E-state index in [0.717, 1.165) is 20.5 Å². The molecule has 0 spiro atoms. The molecule has 128 valence electrons. The first-order chi connectivity index (χ1) is 11.4. The molecule has 0 aromatic heterocycles. The molecule has 0 unspecified atom stereocenters. The number of anilines is 2. The van der Waals surface area contributed by atoms with Gasteiger partial charge in [0, 0.05) is 29.0 Å².